The molecular formula is C16H20FNS. The number of benzene rings is 1. The summed E-state index contributed by atoms with van der Waals surface area (Å²) in [4.78, 5) is 2.47. The van der Waals surface area contributed by atoms with E-state index in [1.807, 2.05) is 6.07 Å². The molecule has 1 aromatic heterocycles. The minimum absolute atomic E-state index is 0.177. The zero-order valence-electron chi connectivity index (χ0n) is 11.4. The molecule has 0 radical (unpaired) electrons. The molecule has 0 saturated carbocycles. The molecule has 0 aliphatic rings. The molecule has 0 spiro atoms. The monoisotopic (exact) mass is 277 g/mol. The van der Waals surface area contributed by atoms with Crippen molar-refractivity contribution in [1.82, 2.24) is 5.32 Å². The van der Waals surface area contributed by atoms with Crippen LogP contribution in [-0.2, 0) is 0 Å². The average Bonchev–Trinajstić information content (AvgIpc) is 2.88. The SMILES string of the molecule is CCCC(NCC)c1ccc(-c2cccc(F)c2)s1. The summed E-state index contributed by atoms with van der Waals surface area (Å²) in [6.07, 6.45) is 2.29. The smallest absolute Gasteiger partial charge is 0.123 e. The summed E-state index contributed by atoms with van der Waals surface area (Å²) < 4.78 is 13.3. The Balaban J connectivity index is 2.22. The fraction of sp³-hybridized carbons (Fsp3) is 0.375. The van der Waals surface area contributed by atoms with Crippen LogP contribution in [0.25, 0.3) is 10.4 Å². The first kappa shape index (κ1) is 14.2. The van der Waals surface area contributed by atoms with Crippen LogP contribution >= 0.6 is 11.3 Å². The van der Waals surface area contributed by atoms with E-state index in [0.717, 1.165) is 29.8 Å². The molecule has 0 saturated heterocycles. The van der Waals surface area contributed by atoms with Gasteiger partial charge in [0.2, 0.25) is 0 Å². The predicted octanol–water partition coefficient (Wildman–Crippen LogP) is 5.00. The van der Waals surface area contributed by atoms with Gasteiger partial charge in [-0.2, -0.15) is 0 Å². The zero-order chi connectivity index (χ0) is 13.7. The lowest BCUT2D eigenvalue weighted by molar-refractivity contribution is 0.516. The maximum atomic E-state index is 13.3. The third kappa shape index (κ3) is 3.64. The second-order valence-corrected chi connectivity index (χ2v) is 5.73. The van der Waals surface area contributed by atoms with Crippen molar-refractivity contribution >= 4 is 11.3 Å². The Bertz CT molecular complexity index is 515. The van der Waals surface area contributed by atoms with Crippen molar-refractivity contribution in [3.05, 3.63) is 47.1 Å². The summed E-state index contributed by atoms with van der Waals surface area (Å²) in [5.74, 6) is -0.177. The number of rotatable bonds is 6. The van der Waals surface area contributed by atoms with E-state index >= 15 is 0 Å². The Morgan fingerprint density at radius 2 is 2.05 bits per heavy atom. The van der Waals surface area contributed by atoms with Crippen LogP contribution in [0.1, 0.15) is 37.6 Å². The highest BCUT2D eigenvalue weighted by Gasteiger charge is 2.12. The zero-order valence-corrected chi connectivity index (χ0v) is 12.3. The summed E-state index contributed by atoms with van der Waals surface area (Å²) in [6.45, 7) is 5.30. The average molecular weight is 277 g/mol. The van der Waals surface area contributed by atoms with E-state index in [0.29, 0.717) is 6.04 Å². The first-order valence-corrected chi connectivity index (χ1v) is 7.65. The fourth-order valence-electron chi connectivity index (χ4n) is 2.22. The summed E-state index contributed by atoms with van der Waals surface area (Å²) >= 11 is 1.75. The van der Waals surface area contributed by atoms with Gasteiger partial charge in [-0.3, -0.25) is 0 Å². The Hall–Kier alpha value is -1.19. The lowest BCUT2D eigenvalue weighted by Gasteiger charge is -2.15. The molecule has 19 heavy (non-hydrogen) atoms. The lowest BCUT2D eigenvalue weighted by atomic mass is 10.1. The first-order chi connectivity index (χ1) is 9.24. The highest BCUT2D eigenvalue weighted by Crippen LogP contribution is 2.33. The molecule has 2 rings (SSSR count). The summed E-state index contributed by atoms with van der Waals surface area (Å²) in [7, 11) is 0. The Morgan fingerprint density at radius 1 is 1.21 bits per heavy atom. The van der Waals surface area contributed by atoms with Gasteiger partial charge in [-0.25, -0.2) is 4.39 Å². The molecule has 0 bridgehead atoms. The summed E-state index contributed by atoms with van der Waals surface area (Å²) in [6, 6.07) is 11.5. The van der Waals surface area contributed by atoms with E-state index in [2.05, 4.69) is 31.3 Å². The number of hydrogen-bond acceptors (Lipinski definition) is 2. The van der Waals surface area contributed by atoms with Crippen molar-refractivity contribution < 1.29 is 4.39 Å². The van der Waals surface area contributed by atoms with Crippen molar-refractivity contribution in [2.75, 3.05) is 6.54 Å². The molecule has 1 aromatic carbocycles. The molecule has 1 heterocycles. The molecule has 0 aliphatic heterocycles. The minimum Gasteiger partial charge on any atom is -0.310 e. The molecule has 0 fully saturated rings. The number of thiophene rings is 1. The van der Waals surface area contributed by atoms with Crippen LogP contribution in [0.4, 0.5) is 4.39 Å². The normalized spacial score (nSPS) is 12.6. The lowest BCUT2D eigenvalue weighted by Crippen LogP contribution is -2.19. The third-order valence-corrected chi connectivity index (χ3v) is 4.36. The fourth-order valence-corrected chi connectivity index (χ4v) is 3.33. The van der Waals surface area contributed by atoms with E-state index in [9.17, 15) is 4.39 Å². The standard InChI is InChI=1S/C16H20FNS/c1-3-6-14(18-4-2)16-10-9-15(19-16)12-7-5-8-13(17)11-12/h5,7-11,14,18H,3-4,6H2,1-2H3. The molecule has 0 aliphatic carbocycles. The Kier molecular flexibility index (Phi) is 5.11. The summed E-state index contributed by atoms with van der Waals surface area (Å²) in [5.41, 5.74) is 0.961. The number of halogens is 1. The molecule has 1 unspecified atom stereocenters. The topological polar surface area (TPSA) is 12.0 Å². The van der Waals surface area contributed by atoms with Crippen LogP contribution < -0.4 is 5.32 Å². The second-order valence-electron chi connectivity index (χ2n) is 4.61. The second kappa shape index (κ2) is 6.83. The van der Waals surface area contributed by atoms with Crippen molar-refractivity contribution in [2.24, 2.45) is 0 Å². The summed E-state index contributed by atoms with van der Waals surface area (Å²) in [5, 5.41) is 3.51. The van der Waals surface area contributed by atoms with Gasteiger partial charge in [0.15, 0.2) is 0 Å². The number of hydrogen-bond donors (Lipinski definition) is 1. The third-order valence-electron chi connectivity index (χ3n) is 3.11. The van der Waals surface area contributed by atoms with Crippen LogP contribution in [0.2, 0.25) is 0 Å². The van der Waals surface area contributed by atoms with Gasteiger partial charge in [0, 0.05) is 15.8 Å². The molecule has 2 aromatic rings. The van der Waals surface area contributed by atoms with Gasteiger partial charge < -0.3 is 5.32 Å². The quantitative estimate of drug-likeness (QED) is 0.783. The van der Waals surface area contributed by atoms with Crippen molar-refractivity contribution in [2.45, 2.75) is 32.7 Å². The molecule has 1 atom stereocenters. The van der Waals surface area contributed by atoms with Crippen molar-refractivity contribution in [3.8, 4) is 10.4 Å². The molecule has 1 nitrogen and oxygen atoms in total. The van der Waals surface area contributed by atoms with Gasteiger partial charge in [0.05, 0.1) is 0 Å². The maximum Gasteiger partial charge on any atom is 0.123 e. The van der Waals surface area contributed by atoms with Crippen molar-refractivity contribution in [3.63, 3.8) is 0 Å². The van der Waals surface area contributed by atoms with Crippen LogP contribution in [-0.4, -0.2) is 6.54 Å². The molecule has 0 amide bonds. The Labute approximate surface area is 118 Å². The van der Waals surface area contributed by atoms with Crippen molar-refractivity contribution in [1.29, 1.82) is 0 Å². The first-order valence-electron chi connectivity index (χ1n) is 6.83. The van der Waals surface area contributed by atoms with E-state index in [-0.39, 0.29) is 5.82 Å². The van der Waals surface area contributed by atoms with Gasteiger partial charge in [-0.15, -0.1) is 11.3 Å². The highest BCUT2D eigenvalue weighted by atomic mass is 32.1. The maximum absolute atomic E-state index is 13.3. The molecule has 3 heteroatoms. The van der Waals surface area contributed by atoms with Crippen LogP contribution in [0.5, 0.6) is 0 Å². The van der Waals surface area contributed by atoms with Gasteiger partial charge in [-0.05, 0) is 42.8 Å². The molecular weight excluding hydrogens is 257 g/mol. The van der Waals surface area contributed by atoms with Crippen LogP contribution in [0, 0.1) is 5.82 Å². The largest absolute Gasteiger partial charge is 0.310 e. The number of nitrogens with one attached hydrogen (secondary N) is 1. The van der Waals surface area contributed by atoms with Crippen LogP contribution in [0.3, 0.4) is 0 Å². The van der Waals surface area contributed by atoms with E-state index in [4.69, 9.17) is 0 Å². The van der Waals surface area contributed by atoms with E-state index < -0.39 is 0 Å². The molecule has 102 valence electrons. The minimum atomic E-state index is -0.177. The highest BCUT2D eigenvalue weighted by molar-refractivity contribution is 7.15. The van der Waals surface area contributed by atoms with E-state index in [1.165, 1.54) is 10.9 Å². The van der Waals surface area contributed by atoms with Crippen LogP contribution in [0.15, 0.2) is 36.4 Å². The van der Waals surface area contributed by atoms with E-state index in [1.54, 1.807) is 23.5 Å². The van der Waals surface area contributed by atoms with Gasteiger partial charge in [0.25, 0.3) is 0 Å². The Morgan fingerprint density at radius 3 is 2.74 bits per heavy atom. The predicted molar refractivity (Wildman–Crippen MR) is 81.0 cm³/mol. The van der Waals surface area contributed by atoms with Gasteiger partial charge >= 0.3 is 0 Å². The molecule has 1 N–H and O–H groups in total. The van der Waals surface area contributed by atoms with Gasteiger partial charge in [-0.1, -0.05) is 32.4 Å². The van der Waals surface area contributed by atoms with Gasteiger partial charge in [0.1, 0.15) is 5.82 Å².